The first-order chi connectivity index (χ1) is 14.7. The number of rotatable bonds is 6. The second kappa shape index (κ2) is 8.45. The van der Waals surface area contributed by atoms with Gasteiger partial charge in [-0.05, 0) is 88.9 Å². The number of hydrogen-bond acceptors (Lipinski definition) is 6. The summed E-state index contributed by atoms with van der Waals surface area (Å²) in [6.45, 7) is 0.357. The number of benzene rings is 2. The smallest absolute Gasteiger partial charge is 0.271 e. The third-order valence-corrected chi connectivity index (χ3v) is 10.2. The van der Waals surface area contributed by atoms with Crippen LogP contribution in [0.1, 0.15) is 12.0 Å². The molecule has 1 aliphatic rings. The summed E-state index contributed by atoms with van der Waals surface area (Å²) in [5, 5.41) is 0. The number of thiophene rings is 1. The highest BCUT2D eigenvalue weighted by molar-refractivity contribution is 9.11. The number of sulfonamides is 2. The molecule has 0 saturated carbocycles. The van der Waals surface area contributed by atoms with Gasteiger partial charge in [0.15, 0.2) is 0 Å². The molecular formula is C20H19BrN2O5S3. The van der Waals surface area contributed by atoms with E-state index in [1.54, 1.807) is 36.4 Å². The average molecular weight is 543 g/mol. The molecule has 1 aliphatic heterocycles. The molecule has 0 bridgehead atoms. The minimum absolute atomic E-state index is 0.175. The lowest BCUT2D eigenvalue weighted by Crippen LogP contribution is -2.35. The average Bonchev–Trinajstić information content (AvgIpc) is 3.20. The van der Waals surface area contributed by atoms with Crippen LogP contribution in [0.3, 0.4) is 0 Å². The van der Waals surface area contributed by atoms with Gasteiger partial charge in [-0.25, -0.2) is 16.8 Å². The number of nitrogens with one attached hydrogen (secondary N) is 1. The van der Waals surface area contributed by atoms with E-state index in [1.165, 1.54) is 29.6 Å². The summed E-state index contributed by atoms with van der Waals surface area (Å²) in [6, 6.07) is 14.4. The second-order valence-corrected chi connectivity index (χ2v) is 13.1. The Bertz CT molecular complexity index is 1320. The van der Waals surface area contributed by atoms with Crippen LogP contribution in [0.15, 0.2) is 67.5 Å². The van der Waals surface area contributed by atoms with Crippen molar-refractivity contribution in [3.05, 3.63) is 63.9 Å². The van der Waals surface area contributed by atoms with Crippen molar-refractivity contribution < 1.29 is 21.6 Å². The highest BCUT2D eigenvalue weighted by Gasteiger charge is 2.29. The van der Waals surface area contributed by atoms with Crippen molar-refractivity contribution in [1.82, 2.24) is 0 Å². The van der Waals surface area contributed by atoms with Gasteiger partial charge >= 0.3 is 0 Å². The van der Waals surface area contributed by atoms with Crippen molar-refractivity contribution in [1.29, 1.82) is 0 Å². The summed E-state index contributed by atoms with van der Waals surface area (Å²) >= 11 is 4.38. The molecule has 31 heavy (non-hydrogen) atoms. The van der Waals surface area contributed by atoms with Gasteiger partial charge in [-0.15, -0.1) is 11.3 Å². The second-order valence-electron chi connectivity index (χ2n) is 6.86. The van der Waals surface area contributed by atoms with Crippen LogP contribution in [0.4, 0.5) is 11.4 Å². The van der Waals surface area contributed by atoms with E-state index in [2.05, 4.69) is 20.7 Å². The highest BCUT2D eigenvalue weighted by Crippen LogP contribution is 2.35. The minimum atomic E-state index is -3.75. The largest absolute Gasteiger partial charge is 0.497 e. The molecule has 2 aromatic carbocycles. The molecule has 1 N–H and O–H groups in total. The Hall–Kier alpha value is -2.08. The molecule has 0 unspecified atom stereocenters. The van der Waals surface area contributed by atoms with Crippen LogP contribution < -0.4 is 13.8 Å². The topological polar surface area (TPSA) is 92.8 Å². The molecule has 164 valence electrons. The van der Waals surface area contributed by atoms with E-state index in [4.69, 9.17) is 4.74 Å². The molecule has 0 atom stereocenters. The molecule has 1 aromatic heterocycles. The summed E-state index contributed by atoms with van der Waals surface area (Å²) in [5.74, 6) is 0.577. The maximum atomic E-state index is 13.2. The monoisotopic (exact) mass is 542 g/mol. The van der Waals surface area contributed by atoms with Crippen molar-refractivity contribution >= 4 is 58.7 Å². The molecule has 0 fully saturated rings. The lowest BCUT2D eigenvalue weighted by molar-refractivity contribution is 0.414. The Labute approximate surface area is 193 Å². The quantitative estimate of drug-likeness (QED) is 0.496. The number of anilines is 2. The Morgan fingerprint density at radius 2 is 1.77 bits per heavy atom. The lowest BCUT2D eigenvalue weighted by atomic mass is 10.0. The van der Waals surface area contributed by atoms with Gasteiger partial charge in [0.05, 0.1) is 21.5 Å². The first-order valence-corrected chi connectivity index (χ1v) is 13.8. The van der Waals surface area contributed by atoms with E-state index in [1.807, 2.05) is 0 Å². The van der Waals surface area contributed by atoms with Gasteiger partial charge in [0.25, 0.3) is 20.0 Å². The highest BCUT2D eigenvalue weighted by atomic mass is 79.9. The Morgan fingerprint density at radius 1 is 1.03 bits per heavy atom. The van der Waals surface area contributed by atoms with Crippen molar-refractivity contribution in [2.45, 2.75) is 21.9 Å². The van der Waals surface area contributed by atoms with E-state index in [0.29, 0.717) is 36.5 Å². The fourth-order valence-corrected chi connectivity index (χ4v) is 8.00. The number of aryl methyl sites for hydroxylation is 1. The maximum absolute atomic E-state index is 13.2. The van der Waals surface area contributed by atoms with Crippen molar-refractivity contribution in [2.75, 3.05) is 22.7 Å². The summed E-state index contributed by atoms with van der Waals surface area (Å²) in [7, 11) is -5.95. The normalized spacial score (nSPS) is 14.2. The minimum Gasteiger partial charge on any atom is -0.497 e. The number of nitrogens with zero attached hydrogens (tertiary/aromatic N) is 1. The summed E-state index contributed by atoms with van der Waals surface area (Å²) < 4.78 is 61.6. The molecule has 0 aliphatic carbocycles. The van der Waals surface area contributed by atoms with Gasteiger partial charge in [0.1, 0.15) is 9.96 Å². The third kappa shape index (κ3) is 4.45. The number of ether oxygens (including phenoxy) is 1. The Kier molecular flexibility index (Phi) is 6.03. The molecule has 0 amide bonds. The standard InChI is InChI=1S/C20H19BrN2O5S3/c1-28-16-5-7-17(8-6-16)31(26,27)23-12-2-3-14-13-15(4-9-18(14)23)22-30(24,25)20-11-10-19(21)29-20/h4-11,13,22H,2-3,12H2,1H3. The van der Waals surface area contributed by atoms with Crippen LogP contribution in [0.5, 0.6) is 5.75 Å². The number of fused-ring (bicyclic) bond motifs is 1. The van der Waals surface area contributed by atoms with E-state index >= 15 is 0 Å². The lowest BCUT2D eigenvalue weighted by Gasteiger charge is -2.31. The van der Waals surface area contributed by atoms with Gasteiger partial charge in [-0.3, -0.25) is 9.03 Å². The van der Waals surface area contributed by atoms with Gasteiger partial charge in [-0.1, -0.05) is 0 Å². The number of halogens is 1. The predicted molar refractivity (Wildman–Crippen MR) is 125 cm³/mol. The van der Waals surface area contributed by atoms with Gasteiger partial charge in [0, 0.05) is 12.2 Å². The maximum Gasteiger partial charge on any atom is 0.271 e. The first kappa shape index (κ1) is 22.1. The number of hydrogen-bond donors (Lipinski definition) is 1. The summed E-state index contributed by atoms with van der Waals surface area (Å²) in [5.41, 5.74) is 1.73. The van der Waals surface area contributed by atoms with Crippen molar-refractivity contribution in [2.24, 2.45) is 0 Å². The van der Waals surface area contributed by atoms with Crippen LogP contribution in [0.2, 0.25) is 0 Å². The Morgan fingerprint density at radius 3 is 2.42 bits per heavy atom. The third-order valence-electron chi connectivity index (χ3n) is 4.87. The molecule has 7 nitrogen and oxygen atoms in total. The zero-order chi connectivity index (χ0) is 22.2. The van der Waals surface area contributed by atoms with Crippen LogP contribution in [0.25, 0.3) is 0 Å². The van der Waals surface area contributed by atoms with Crippen molar-refractivity contribution in [3.63, 3.8) is 0 Å². The molecule has 2 heterocycles. The molecule has 11 heteroatoms. The van der Waals surface area contributed by atoms with Crippen LogP contribution in [0, 0.1) is 0 Å². The van der Waals surface area contributed by atoms with Gasteiger partial charge in [0.2, 0.25) is 0 Å². The van der Waals surface area contributed by atoms with E-state index in [9.17, 15) is 16.8 Å². The molecule has 3 aromatic rings. The fourth-order valence-electron chi connectivity index (χ4n) is 3.40. The first-order valence-electron chi connectivity index (χ1n) is 9.28. The molecule has 0 saturated heterocycles. The summed E-state index contributed by atoms with van der Waals surface area (Å²) in [4.78, 5) is 0.175. The SMILES string of the molecule is COc1ccc(S(=O)(=O)N2CCCc3cc(NS(=O)(=O)c4ccc(Br)s4)ccc32)cc1. The van der Waals surface area contributed by atoms with E-state index in [-0.39, 0.29) is 9.10 Å². The van der Waals surface area contributed by atoms with E-state index in [0.717, 1.165) is 20.7 Å². The number of methoxy groups -OCH3 is 1. The Balaban J connectivity index is 1.64. The van der Waals surface area contributed by atoms with Gasteiger partial charge in [-0.2, -0.15) is 0 Å². The van der Waals surface area contributed by atoms with Crippen LogP contribution >= 0.6 is 27.3 Å². The fraction of sp³-hybridized carbons (Fsp3) is 0.200. The zero-order valence-electron chi connectivity index (χ0n) is 16.4. The van der Waals surface area contributed by atoms with Gasteiger partial charge < -0.3 is 4.74 Å². The van der Waals surface area contributed by atoms with Crippen LogP contribution in [-0.2, 0) is 26.5 Å². The zero-order valence-corrected chi connectivity index (χ0v) is 20.4. The van der Waals surface area contributed by atoms with E-state index < -0.39 is 20.0 Å². The predicted octanol–water partition coefficient (Wildman–Crippen LogP) is 4.46. The van der Waals surface area contributed by atoms with Crippen molar-refractivity contribution in [3.8, 4) is 5.75 Å². The molecule has 0 spiro atoms. The molecular weight excluding hydrogens is 524 g/mol. The molecule has 4 rings (SSSR count). The summed E-state index contributed by atoms with van der Waals surface area (Å²) in [6.07, 6.45) is 1.29. The van der Waals surface area contributed by atoms with Crippen LogP contribution in [-0.4, -0.2) is 30.5 Å². The molecule has 0 radical (unpaired) electrons.